The van der Waals surface area contributed by atoms with Gasteiger partial charge in [0.05, 0.1) is 17.7 Å². The van der Waals surface area contributed by atoms with Crippen molar-refractivity contribution in [2.75, 3.05) is 12.0 Å². The van der Waals surface area contributed by atoms with Gasteiger partial charge in [-0.1, -0.05) is 36.1 Å². The lowest BCUT2D eigenvalue weighted by Crippen LogP contribution is -2.27. The van der Waals surface area contributed by atoms with Crippen molar-refractivity contribution in [3.05, 3.63) is 59.0 Å². The van der Waals surface area contributed by atoms with E-state index in [-0.39, 0.29) is 11.7 Å². The lowest BCUT2D eigenvalue weighted by molar-refractivity contribution is -0.113. The fraction of sp³-hybridized carbons (Fsp3) is 0.0588. The van der Waals surface area contributed by atoms with Crippen molar-refractivity contribution in [3.8, 4) is 11.5 Å². The van der Waals surface area contributed by atoms with Gasteiger partial charge in [-0.25, -0.2) is 0 Å². The standard InChI is InChI=1S/C17H13NO3S2/c1-21-14-8-2-11(3-9-14)10-15-16(20)18(17(22)23-15)12-4-6-13(19)7-5-12/h2-10,19H,1H3. The molecule has 1 fully saturated rings. The fourth-order valence-corrected chi connectivity index (χ4v) is 3.44. The monoisotopic (exact) mass is 343 g/mol. The number of phenols is 1. The van der Waals surface area contributed by atoms with Crippen LogP contribution in [0.2, 0.25) is 0 Å². The van der Waals surface area contributed by atoms with Crippen molar-refractivity contribution in [1.29, 1.82) is 0 Å². The lowest BCUT2D eigenvalue weighted by atomic mass is 10.2. The Kier molecular flexibility index (Phi) is 4.36. The Morgan fingerprint density at radius 2 is 1.78 bits per heavy atom. The average Bonchev–Trinajstić information content (AvgIpc) is 2.83. The summed E-state index contributed by atoms with van der Waals surface area (Å²) in [6.45, 7) is 0. The number of aromatic hydroxyl groups is 1. The van der Waals surface area contributed by atoms with Crippen molar-refractivity contribution < 1.29 is 14.6 Å². The highest BCUT2D eigenvalue weighted by atomic mass is 32.2. The number of amides is 1. The van der Waals surface area contributed by atoms with Crippen LogP contribution in [0.15, 0.2) is 53.4 Å². The van der Waals surface area contributed by atoms with Gasteiger partial charge in [-0.15, -0.1) is 0 Å². The number of phenolic OH excluding ortho intramolecular Hbond substituents is 1. The summed E-state index contributed by atoms with van der Waals surface area (Å²) in [6, 6.07) is 13.8. The third-order valence-corrected chi connectivity index (χ3v) is 4.62. The van der Waals surface area contributed by atoms with E-state index < -0.39 is 0 Å². The first-order valence-corrected chi connectivity index (χ1v) is 8.02. The predicted octanol–water partition coefficient (Wildman–Crippen LogP) is 3.81. The Labute approximate surface area is 143 Å². The second-order valence-corrected chi connectivity index (χ2v) is 6.48. The van der Waals surface area contributed by atoms with Gasteiger partial charge in [0.1, 0.15) is 11.5 Å². The zero-order valence-electron chi connectivity index (χ0n) is 12.2. The number of rotatable bonds is 3. The molecule has 0 spiro atoms. The van der Waals surface area contributed by atoms with E-state index in [1.54, 1.807) is 25.3 Å². The molecule has 0 aromatic heterocycles. The Morgan fingerprint density at radius 3 is 2.39 bits per heavy atom. The highest BCUT2D eigenvalue weighted by Gasteiger charge is 2.33. The molecule has 6 heteroatoms. The zero-order valence-corrected chi connectivity index (χ0v) is 13.9. The van der Waals surface area contributed by atoms with Gasteiger partial charge in [0, 0.05) is 0 Å². The molecule has 3 rings (SSSR count). The third-order valence-electron chi connectivity index (χ3n) is 3.32. The first kappa shape index (κ1) is 15.6. The van der Waals surface area contributed by atoms with Gasteiger partial charge in [-0.05, 0) is 48.0 Å². The molecule has 1 N–H and O–H groups in total. The number of thioether (sulfide) groups is 1. The van der Waals surface area contributed by atoms with Gasteiger partial charge in [0.2, 0.25) is 0 Å². The summed E-state index contributed by atoms with van der Waals surface area (Å²) in [4.78, 5) is 14.6. The molecule has 1 heterocycles. The number of thiocarbonyl (C=S) groups is 1. The summed E-state index contributed by atoms with van der Waals surface area (Å²) >= 11 is 6.57. The normalized spacial score (nSPS) is 16.2. The molecular weight excluding hydrogens is 330 g/mol. The quantitative estimate of drug-likeness (QED) is 0.678. The van der Waals surface area contributed by atoms with E-state index in [0.29, 0.717) is 14.9 Å². The summed E-state index contributed by atoms with van der Waals surface area (Å²) in [5.74, 6) is 0.744. The number of anilines is 1. The van der Waals surface area contributed by atoms with Crippen molar-refractivity contribution in [3.63, 3.8) is 0 Å². The van der Waals surface area contributed by atoms with Gasteiger partial charge in [0.15, 0.2) is 4.32 Å². The molecule has 1 aliphatic heterocycles. The van der Waals surface area contributed by atoms with Gasteiger partial charge in [0.25, 0.3) is 5.91 Å². The highest BCUT2D eigenvalue weighted by molar-refractivity contribution is 8.27. The minimum absolute atomic E-state index is 0.146. The molecule has 0 aliphatic carbocycles. The molecule has 0 bridgehead atoms. The SMILES string of the molecule is COc1ccc(C=C2SC(=S)N(c3ccc(O)cc3)C2=O)cc1. The number of benzene rings is 2. The number of ether oxygens (including phenoxy) is 1. The molecule has 0 saturated carbocycles. The molecule has 2 aromatic carbocycles. The largest absolute Gasteiger partial charge is 0.508 e. The molecular formula is C17H13NO3S2. The van der Waals surface area contributed by atoms with Crippen LogP contribution in [0.25, 0.3) is 6.08 Å². The van der Waals surface area contributed by atoms with E-state index in [2.05, 4.69) is 0 Å². The van der Waals surface area contributed by atoms with Crippen molar-refractivity contribution in [2.24, 2.45) is 0 Å². The van der Waals surface area contributed by atoms with Crippen LogP contribution in [0.1, 0.15) is 5.56 Å². The van der Waals surface area contributed by atoms with Crippen LogP contribution in [0.3, 0.4) is 0 Å². The summed E-state index contributed by atoms with van der Waals surface area (Å²) in [6.07, 6.45) is 1.80. The van der Waals surface area contributed by atoms with E-state index >= 15 is 0 Å². The Bertz CT molecular complexity index is 782. The molecule has 2 aromatic rings. The van der Waals surface area contributed by atoms with Crippen LogP contribution < -0.4 is 9.64 Å². The van der Waals surface area contributed by atoms with Crippen molar-refractivity contribution in [1.82, 2.24) is 0 Å². The Hall–Kier alpha value is -2.31. The topological polar surface area (TPSA) is 49.8 Å². The molecule has 1 aliphatic rings. The number of carbonyl (C=O) groups excluding carboxylic acids is 1. The number of hydrogen-bond acceptors (Lipinski definition) is 5. The maximum atomic E-state index is 12.6. The van der Waals surface area contributed by atoms with Crippen molar-refractivity contribution >= 4 is 46.0 Å². The molecule has 0 radical (unpaired) electrons. The maximum Gasteiger partial charge on any atom is 0.270 e. The minimum atomic E-state index is -0.165. The summed E-state index contributed by atoms with van der Waals surface area (Å²) < 4.78 is 5.59. The second-order valence-electron chi connectivity index (χ2n) is 4.81. The third kappa shape index (κ3) is 3.23. The van der Waals surface area contributed by atoms with Gasteiger partial charge in [-0.2, -0.15) is 0 Å². The maximum absolute atomic E-state index is 12.6. The molecule has 0 unspecified atom stereocenters. The summed E-state index contributed by atoms with van der Waals surface area (Å²) in [7, 11) is 1.61. The first-order valence-electron chi connectivity index (χ1n) is 6.79. The number of hydrogen-bond donors (Lipinski definition) is 1. The molecule has 4 nitrogen and oxygen atoms in total. The minimum Gasteiger partial charge on any atom is -0.508 e. The van der Waals surface area contributed by atoms with E-state index in [0.717, 1.165) is 11.3 Å². The van der Waals surface area contributed by atoms with Crippen LogP contribution in [-0.2, 0) is 4.79 Å². The smallest absolute Gasteiger partial charge is 0.270 e. The van der Waals surface area contributed by atoms with Gasteiger partial charge >= 0.3 is 0 Å². The first-order chi connectivity index (χ1) is 11.1. The van der Waals surface area contributed by atoms with Crippen LogP contribution in [0.5, 0.6) is 11.5 Å². The van der Waals surface area contributed by atoms with Gasteiger partial charge in [-0.3, -0.25) is 9.69 Å². The van der Waals surface area contributed by atoms with E-state index in [1.807, 2.05) is 24.3 Å². The van der Waals surface area contributed by atoms with Gasteiger partial charge < -0.3 is 9.84 Å². The molecule has 23 heavy (non-hydrogen) atoms. The van der Waals surface area contributed by atoms with E-state index in [4.69, 9.17) is 17.0 Å². The lowest BCUT2D eigenvalue weighted by Gasteiger charge is -2.14. The Balaban J connectivity index is 1.88. The second kappa shape index (κ2) is 6.44. The molecule has 1 saturated heterocycles. The predicted molar refractivity (Wildman–Crippen MR) is 96.8 cm³/mol. The molecule has 1 amide bonds. The average molecular weight is 343 g/mol. The number of methoxy groups -OCH3 is 1. The summed E-state index contributed by atoms with van der Waals surface area (Å²) in [5.41, 5.74) is 1.54. The van der Waals surface area contributed by atoms with Crippen LogP contribution in [0, 0.1) is 0 Å². The van der Waals surface area contributed by atoms with E-state index in [9.17, 15) is 9.90 Å². The zero-order chi connectivity index (χ0) is 16.4. The molecule has 0 atom stereocenters. The van der Waals surface area contributed by atoms with Crippen LogP contribution in [0.4, 0.5) is 5.69 Å². The summed E-state index contributed by atoms with van der Waals surface area (Å²) in [5, 5.41) is 9.36. The van der Waals surface area contributed by atoms with E-state index in [1.165, 1.54) is 28.8 Å². The fourth-order valence-electron chi connectivity index (χ4n) is 2.14. The van der Waals surface area contributed by atoms with Crippen LogP contribution >= 0.6 is 24.0 Å². The van der Waals surface area contributed by atoms with Crippen molar-refractivity contribution in [2.45, 2.75) is 0 Å². The van der Waals surface area contributed by atoms with Crippen LogP contribution in [-0.4, -0.2) is 22.4 Å². The molecule has 116 valence electrons. The highest BCUT2D eigenvalue weighted by Crippen LogP contribution is 2.36. The number of carbonyl (C=O) groups is 1. The Morgan fingerprint density at radius 1 is 1.13 bits per heavy atom. The number of nitrogens with zero attached hydrogens (tertiary/aromatic N) is 1.